The molecule has 3 heteroatoms. The Hall–Kier alpha value is -1.06. The average molecular weight is 209 g/mol. The maximum atomic E-state index is 5.18. The third kappa shape index (κ3) is 3.90. The number of hydrogen-bond donors (Lipinski definition) is 1. The van der Waals surface area contributed by atoms with Crippen LogP contribution >= 0.6 is 0 Å². The molecule has 0 aliphatic rings. The Balaban J connectivity index is 2.52. The van der Waals surface area contributed by atoms with Crippen LogP contribution in [-0.4, -0.2) is 27.4 Å². The maximum absolute atomic E-state index is 5.18. The fourth-order valence-corrected chi connectivity index (χ4v) is 1.41. The Morgan fingerprint density at radius 2 is 2.13 bits per heavy atom. The summed E-state index contributed by atoms with van der Waals surface area (Å²) in [6, 6.07) is 8.40. The van der Waals surface area contributed by atoms with Crippen LogP contribution in [0.5, 0.6) is 5.75 Å². The van der Waals surface area contributed by atoms with Gasteiger partial charge in [-0.25, -0.2) is 0 Å². The molecule has 0 unspecified atom stereocenters. The fourth-order valence-electron chi connectivity index (χ4n) is 1.41. The normalized spacial score (nSPS) is 12.5. The molecule has 1 N–H and O–H groups in total. The summed E-state index contributed by atoms with van der Waals surface area (Å²) in [6.45, 7) is 3.72. The van der Waals surface area contributed by atoms with Crippen molar-refractivity contribution in [2.24, 2.45) is 0 Å². The Labute approximate surface area is 91.4 Å². The average Bonchev–Trinajstić information content (AvgIpc) is 2.29. The summed E-state index contributed by atoms with van der Waals surface area (Å²) in [5.41, 5.74) is 1.23. The van der Waals surface area contributed by atoms with Gasteiger partial charge in [0.1, 0.15) is 5.75 Å². The molecule has 0 saturated carbocycles. The highest BCUT2D eigenvalue weighted by molar-refractivity contribution is 5.30. The van der Waals surface area contributed by atoms with Crippen molar-refractivity contribution in [1.82, 2.24) is 5.32 Å². The Kier molecular flexibility index (Phi) is 5.15. The lowest BCUT2D eigenvalue weighted by molar-refractivity contribution is 0.196. The van der Waals surface area contributed by atoms with E-state index >= 15 is 0 Å². The van der Waals surface area contributed by atoms with Gasteiger partial charge in [0.2, 0.25) is 0 Å². The lowest BCUT2D eigenvalue weighted by Crippen LogP contribution is -2.22. The van der Waals surface area contributed by atoms with E-state index in [1.165, 1.54) is 5.56 Å². The second-order valence-electron chi connectivity index (χ2n) is 3.45. The molecule has 0 saturated heterocycles. The van der Waals surface area contributed by atoms with Gasteiger partial charge in [0.15, 0.2) is 0 Å². The number of benzene rings is 1. The number of ether oxygens (including phenoxy) is 2. The first-order chi connectivity index (χ1) is 7.27. The van der Waals surface area contributed by atoms with E-state index in [2.05, 4.69) is 18.3 Å². The van der Waals surface area contributed by atoms with Gasteiger partial charge in [-0.3, -0.25) is 0 Å². The lowest BCUT2D eigenvalue weighted by atomic mass is 10.1. The van der Waals surface area contributed by atoms with Crippen LogP contribution in [0.15, 0.2) is 24.3 Å². The quantitative estimate of drug-likeness (QED) is 0.727. The van der Waals surface area contributed by atoms with Gasteiger partial charge in [0.05, 0.1) is 13.7 Å². The minimum atomic E-state index is 0.315. The molecule has 1 atom stereocenters. The maximum Gasteiger partial charge on any atom is 0.119 e. The zero-order chi connectivity index (χ0) is 11.1. The molecule has 0 aromatic heterocycles. The van der Waals surface area contributed by atoms with Gasteiger partial charge >= 0.3 is 0 Å². The molecule has 0 bridgehead atoms. The summed E-state index contributed by atoms with van der Waals surface area (Å²) in [4.78, 5) is 0. The summed E-state index contributed by atoms with van der Waals surface area (Å²) in [7, 11) is 3.39. The van der Waals surface area contributed by atoms with Crippen molar-refractivity contribution >= 4 is 0 Å². The Morgan fingerprint density at radius 1 is 1.33 bits per heavy atom. The zero-order valence-electron chi connectivity index (χ0n) is 9.62. The fraction of sp³-hybridized carbons (Fsp3) is 0.500. The molecule has 3 nitrogen and oxygen atoms in total. The second kappa shape index (κ2) is 6.43. The van der Waals surface area contributed by atoms with Crippen molar-refractivity contribution in [2.75, 3.05) is 27.4 Å². The summed E-state index contributed by atoms with van der Waals surface area (Å²) >= 11 is 0. The van der Waals surface area contributed by atoms with Crippen LogP contribution in [0.1, 0.15) is 18.5 Å². The first-order valence-corrected chi connectivity index (χ1v) is 5.14. The first kappa shape index (κ1) is 12.0. The van der Waals surface area contributed by atoms with Crippen LogP contribution in [0.4, 0.5) is 0 Å². The molecule has 1 rings (SSSR count). The van der Waals surface area contributed by atoms with Gasteiger partial charge < -0.3 is 14.8 Å². The molecule has 0 heterocycles. The molecule has 15 heavy (non-hydrogen) atoms. The third-order valence-electron chi connectivity index (χ3n) is 2.35. The number of rotatable bonds is 6. The first-order valence-electron chi connectivity index (χ1n) is 5.14. The summed E-state index contributed by atoms with van der Waals surface area (Å²) in [5, 5.41) is 3.37. The van der Waals surface area contributed by atoms with E-state index in [-0.39, 0.29) is 0 Å². The summed E-state index contributed by atoms with van der Waals surface area (Å²) in [5.74, 6) is 0.896. The standard InChI is InChI=1S/C12H19NO2/c1-10(13-7-8-14-2)11-5-4-6-12(9-11)15-3/h4-6,9-10,13H,7-8H2,1-3H3/t10-/m0/s1. The number of methoxy groups -OCH3 is 2. The van der Waals surface area contributed by atoms with Gasteiger partial charge in [-0.2, -0.15) is 0 Å². The van der Waals surface area contributed by atoms with E-state index < -0.39 is 0 Å². The van der Waals surface area contributed by atoms with Crippen molar-refractivity contribution in [2.45, 2.75) is 13.0 Å². The minimum Gasteiger partial charge on any atom is -0.497 e. The van der Waals surface area contributed by atoms with Crippen LogP contribution in [0.2, 0.25) is 0 Å². The largest absolute Gasteiger partial charge is 0.497 e. The van der Waals surface area contributed by atoms with E-state index in [0.717, 1.165) is 18.9 Å². The highest BCUT2D eigenvalue weighted by Crippen LogP contribution is 2.18. The van der Waals surface area contributed by atoms with Gasteiger partial charge in [-0.1, -0.05) is 12.1 Å². The van der Waals surface area contributed by atoms with Crippen LogP contribution < -0.4 is 10.1 Å². The zero-order valence-corrected chi connectivity index (χ0v) is 9.62. The van der Waals surface area contributed by atoms with Gasteiger partial charge in [-0.05, 0) is 24.6 Å². The van der Waals surface area contributed by atoms with Crippen molar-refractivity contribution in [1.29, 1.82) is 0 Å². The molecular weight excluding hydrogens is 190 g/mol. The van der Waals surface area contributed by atoms with Crippen molar-refractivity contribution in [3.05, 3.63) is 29.8 Å². The monoisotopic (exact) mass is 209 g/mol. The smallest absolute Gasteiger partial charge is 0.119 e. The Morgan fingerprint density at radius 3 is 2.80 bits per heavy atom. The molecule has 1 aromatic carbocycles. The van der Waals surface area contributed by atoms with E-state index in [4.69, 9.17) is 9.47 Å². The number of nitrogens with one attached hydrogen (secondary N) is 1. The van der Waals surface area contributed by atoms with Crippen molar-refractivity contribution in [3.63, 3.8) is 0 Å². The van der Waals surface area contributed by atoms with E-state index in [1.807, 2.05) is 18.2 Å². The molecule has 0 radical (unpaired) electrons. The molecule has 1 aromatic rings. The van der Waals surface area contributed by atoms with Crippen molar-refractivity contribution < 1.29 is 9.47 Å². The number of hydrogen-bond acceptors (Lipinski definition) is 3. The summed E-state index contributed by atoms with van der Waals surface area (Å²) in [6.07, 6.45) is 0. The Bertz CT molecular complexity index is 289. The van der Waals surface area contributed by atoms with Gasteiger partial charge in [-0.15, -0.1) is 0 Å². The van der Waals surface area contributed by atoms with Crippen LogP contribution in [0.3, 0.4) is 0 Å². The van der Waals surface area contributed by atoms with E-state index in [9.17, 15) is 0 Å². The van der Waals surface area contributed by atoms with Crippen LogP contribution in [0.25, 0.3) is 0 Å². The molecular formula is C12H19NO2. The molecule has 0 aliphatic carbocycles. The second-order valence-corrected chi connectivity index (χ2v) is 3.45. The van der Waals surface area contributed by atoms with Gasteiger partial charge in [0, 0.05) is 19.7 Å². The summed E-state index contributed by atoms with van der Waals surface area (Å²) < 4.78 is 10.2. The SMILES string of the molecule is COCCN[C@@H](C)c1cccc(OC)c1. The van der Waals surface area contributed by atoms with E-state index in [0.29, 0.717) is 6.04 Å². The third-order valence-corrected chi connectivity index (χ3v) is 2.35. The highest BCUT2D eigenvalue weighted by Gasteiger charge is 2.04. The van der Waals surface area contributed by atoms with Gasteiger partial charge in [0.25, 0.3) is 0 Å². The molecule has 0 amide bonds. The predicted octanol–water partition coefficient (Wildman–Crippen LogP) is 1.99. The molecule has 0 fully saturated rings. The van der Waals surface area contributed by atoms with Crippen LogP contribution in [-0.2, 0) is 4.74 Å². The lowest BCUT2D eigenvalue weighted by Gasteiger charge is -2.14. The van der Waals surface area contributed by atoms with Crippen LogP contribution in [0, 0.1) is 0 Å². The van der Waals surface area contributed by atoms with E-state index in [1.54, 1.807) is 14.2 Å². The predicted molar refractivity (Wildman–Crippen MR) is 61.3 cm³/mol. The minimum absolute atomic E-state index is 0.315. The highest BCUT2D eigenvalue weighted by atomic mass is 16.5. The molecule has 0 aliphatic heterocycles. The topological polar surface area (TPSA) is 30.5 Å². The molecule has 0 spiro atoms. The van der Waals surface area contributed by atoms with Crippen molar-refractivity contribution in [3.8, 4) is 5.75 Å². The molecule has 84 valence electrons.